The summed E-state index contributed by atoms with van der Waals surface area (Å²) in [5, 5.41) is 3.46. The van der Waals surface area contributed by atoms with Crippen LogP contribution in [0.15, 0.2) is 0 Å². The van der Waals surface area contributed by atoms with Crippen molar-refractivity contribution in [3.05, 3.63) is 0 Å². The number of halogens is 1. The normalized spacial score (nSPS) is 42.0. The average Bonchev–Trinajstić information content (AvgIpc) is 1.67. The van der Waals surface area contributed by atoms with E-state index in [1.54, 1.807) is 0 Å². The summed E-state index contributed by atoms with van der Waals surface area (Å²) >= 11 is 2.09. The molecule has 0 amide bonds. The first kappa shape index (κ1) is 7.15. The molecule has 8 heavy (non-hydrogen) atoms. The molecule has 0 unspecified atom stereocenters. The van der Waals surface area contributed by atoms with E-state index in [1.165, 1.54) is 17.9 Å². The third-order valence-corrected chi connectivity index (χ3v) is 2.95. The molecule has 0 spiro atoms. The minimum Gasteiger partial charge on any atom is -0.309 e. The monoisotopic (exact) mass is 243 g/mol. The van der Waals surface area contributed by atoms with Crippen LogP contribution >= 0.6 is 35.7 Å². The average molecular weight is 243 g/mol. The van der Waals surface area contributed by atoms with Crippen LogP contribution in [0.25, 0.3) is 0 Å². The quantitative estimate of drug-likeness (QED) is 0.639. The maximum Gasteiger partial charge on any atom is 0.0176 e. The smallest absolute Gasteiger partial charge is 0.0176 e. The van der Waals surface area contributed by atoms with Gasteiger partial charge in [0.15, 0.2) is 0 Å². The van der Waals surface area contributed by atoms with Crippen molar-refractivity contribution in [2.24, 2.45) is 0 Å². The predicted molar refractivity (Wildman–Crippen MR) is 48.1 cm³/mol. The van der Waals surface area contributed by atoms with E-state index in [4.69, 9.17) is 0 Å². The number of hydrogen-bond donors (Lipinski definition) is 1. The number of nitrogens with one attached hydrogen (secondary N) is 1. The Labute approximate surface area is 71.0 Å². The van der Waals surface area contributed by atoms with Gasteiger partial charge in [-0.25, -0.2) is 0 Å². The predicted octanol–water partition coefficient (Wildman–Crippen LogP) is 1.08. The van der Waals surface area contributed by atoms with Crippen molar-refractivity contribution in [1.29, 1.82) is 0 Å². The van der Waals surface area contributed by atoms with Crippen LogP contribution in [-0.2, 0) is 0 Å². The summed E-state index contributed by atoms with van der Waals surface area (Å²) in [5.74, 6) is 2.72. The summed E-state index contributed by atoms with van der Waals surface area (Å²) in [5.41, 5.74) is 0. The Balaban J connectivity index is 0.000000320. The van der Waals surface area contributed by atoms with E-state index in [9.17, 15) is 0 Å². The molecule has 3 fully saturated rings. The number of fused-ring (bicyclic) bond motifs is 2. The summed E-state index contributed by atoms with van der Waals surface area (Å²) < 4.78 is 0. The highest BCUT2D eigenvalue weighted by molar-refractivity contribution is 14.0. The second-order valence-electron chi connectivity index (χ2n) is 2.33. The molecule has 2 bridgehead atoms. The van der Waals surface area contributed by atoms with Crippen molar-refractivity contribution >= 4 is 35.7 Å². The summed E-state index contributed by atoms with van der Waals surface area (Å²) in [6.45, 7) is 0. The van der Waals surface area contributed by atoms with E-state index < -0.39 is 0 Å². The third-order valence-electron chi connectivity index (χ3n) is 1.68. The van der Waals surface area contributed by atoms with Crippen molar-refractivity contribution in [1.82, 2.24) is 5.32 Å². The molecule has 1 N–H and O–H groups in total. The lowest BCUT2D eigenvalue weighted by molar-refractivity contribution is 0.300. The van der Waals surface area contributed by atoms with Gasteiger partial charge in [-0.1, -0.05) is 0 Å². The topological polar surface area (TPSA) is 12.0 Å². The molecule has 48 valence electrons. The maximum atomic E-state index is 3.46. The minimum absolute atomic E-state index is 0. The van der Waals surface area contributed by atoms with Crippen molar-refractivity contribution in [3.63, 3.8) is 0 Å². The van der Waals surface area contributed by atoms with Crippen molar-refractivity contribution in [2.45, 2.75) is 18.5 Å². The lowest BCUT2D eigenvalue weighted by Gasteiger charge is -2.41. The lowest BCUT2D eigenvalue weighted by atomic mass is 10.00. The Hall–Kier alpha value is 1.04. The molecule has 3 aliphatic heterocycles. The zero-order valence-electron chi connectivity index (χ0n) is 4.59. The number of hydrogen-bond acceptors (Lipinski definition) is 2. The van der Waals surface area contributed by atoms with Crippen LogP contribution in [0.5, 0.6) is 0 Å². The first-order valence-electron chi connectivity index (χ1n) is 2.79. The van der Waals surface area contributed by atoms with Crippen LogP contribution in [-0.4, -0.2) is 23.6 Å². The fourth-order valence-corrected chi connectivity index (χ4v) is 2.41. The molecular formula is C5H10INS. The maximum absolute atomic E-state index is 3.46. The molecule has 0 radical (unpaired) electrons. The largest absolute Gasteiger partial charge is 0.309 e. The molecule has 3 heterocycles. The first-order chi connectivity index (χ1) is 3.45. The fourth-order valence-electron chi connectivity index (χ4n) is 1.24. The van der Waals surface area contributed by atoms with Gasteiger partial charge in [-0.2, -0.15) is 11.8 Å². The van der Waals surface area contributed by atoms with Crippen LogP contribution in [0.4, 0.5) is 0 Å². The molecule has 0 aromatic carbocycles. The molecule has 0 aromatic heterocycles. The van der Waals surface area contributed by atoms with Crippen LogP contribution in [0.3, 0.4) is 0 Å². The number of thioether (sulfide) groups is 1. The molecule has 0 aromatic rings. The van der Waals surface area contributed by atoms with Gasteiger partial charge in [0.2, 0.25) is 0 Å². The van der Waals surface area contributed by atoms with Gasteiger partial charge >= 0.3 is 0 Å². The van der Waals surface area contributed by atoms with Gasteiger partial charge in [-0.3, -0.25) is 0 Å². The van der Waals surface area contributed by atoms with Crippen LogP contribution in [0, 0.1) is 0 Å². The van der Waals surface area contributed by atoms with E-state index in [0.717, 1.165) is 12.1 Å². The Kier molecular flexibility index (Phi) is 2.46. The Morgan fingerprint density at radius 2 is 1.75 bits per heavy atom. The summed E-state index contributed by atoms with van der Waals surface area (Å²) in [4.78, 5) is 0. The van der Waals surface area contributed by atoms with E-state index in [-0.39, 0.29) is 24.0 Å². The second-order valence-corrected chi connectivity index (χ2v) is 3.41. The van der Waals surface area contributed by atoms with Gasteiger partial charge in [-0.15, -0.1) is 24.0 Å². The Morgan fingerprint density at radius 1 is 1.25 bits per heavy atom. The standard InChI is InChI=1S/C5H9NS.HI/c1-4-2-7-3-5(1)6-4;/h4-6H,1-3H2;1H/t4-,5+;. The summed E-state index contributed by atoms with van der Waals surface area (Å²) in [6.07, 6.45) is 1.45. The first-order valence-corrected chi connectivity index (χ1v) is 3.94. The summed E-state index contributed by atoms with van der Waals surface area (Å²) in [6, 6.07) is 1.78. The van der Waals surface area contributed by atoms with Crippen LogP contribution in [0.2, 0.25) is 0 Å². The highest BCUT2D eigenvalue weighted by atomic mass is 127. The van der Waals surface area contributed by atoms with E-state index in [0.29, 0.717) is 0 Å². The van der Waals surface area contributed by atoms with Gasteiger partial charge < -0.3 is 5.32 Å². The molecule has 3 rings (SSSR count). The zero-order chi connectivity index (χ0) is 4.69. The number of rotatable bonds is 0. The lowest BCUT2D eigenvalue weighted by Crippen LogP contribution is -2.58. The van der Waals surface area contributed by atoms with Crippen molar-refractivity contribution in [2.75, 3.05) is 11.5 Å². The molecule has 1 nitrogen and oxygen atoms in total. The Morgan fingerprint density at radius 3 is 1.88 bits per heavy atom. The van der Waals surface area contributed by atoms with Gasteiger partial charge in [0.25, 0.3) is 0 Å². The fraction of sp³-hybridized carbons (Fsp3) is 1.00. The van der Waals surface area contributed by atoms with Gasteiger partial charge in [0, 0.05) is 23.6 Å². The van der Waals surface area contributed by atoms with Crippen molar-refractivity contribution < 1.29 is 0 Å². The third kappa shape index (κ3) is 1.14. The second kappa shape index (κ2) is 2.75. The van der Waals surface area contributed by atoms with E-state index >= 15 is 0 Å². The highest BCUT2D eigenvalue weighted by Crippen LogP contribution is 2.25. The van der Waals surface area contributed by atoms with Crippen LogP contribution in [0.1, 0.15) is 6.42 Å². The summed E-state index contributed by atoms with van der Waals surface area (Å²) in [7, 11) is 0. The molecule has 3 saturated heterocycles. The van der Waals surface area contributed by atoms with Crippen molar-refractivity contribution in [3.8, 4) is 0 Å². The van der Waals surface area contributed by atoms with E-state index in [1.807, 2.05) is 0 Å². The Bertz CT molecular complexity index is 69.0. The van der Waals surface area contributed by atoms with Crippen LogP contribution < -0.4 is 5.32 Å². The molecule has 0 saturated carbocycles. The zero-order valence-corrected chi connectivity index (χ0v) is 7.74. The SMILES string of the molecule is C1SC[C@H]2C[C@@H]1N2.I. The molecule has 3 aliphatic rings. The van der Waals surface area contributed by atoms with E-state index in [2.05, 4.69) is 17.1 Å². The molecule has 0 aliphatic carbocycles. The van der Waals surface area contributed by atoms with Gasteiger partial charge in [-0.05, 0) is 6.42 Å². The minimum atomic E-state index is 0. The molecule has 2 atom stereocenters. The highest BCUT2D eigenvalue weighted by Gasteiger charge is 2.31. The van der Waals surface area contributed by atoms with Gasteiger partial charge in [0.05, 0.1) is 0 Å². The molecular weight excluding hydrogens is 233 g/mol. The molecule has 3 heteroatoms. The van der Waals surface area contributed by atoms with Gasteiger partial charge in [0.1, 0.15) is 0 Å².